The van der Waals surface area contributed by atoms with Crippen LogP contribution in [0.4, 0.5) is 0 Å². The molecule has 3 aromatic carbocycles. The molecule has 0 aromatic heterocycles. The highest BCUT2D eigenvalue weighted by atomic mass is 16.3. The van der Waals surface area contributed by atoms with Crippen LogP contribution in [0, 0.1) is 20.8 Å². The molecule has 4 rings (SSSR count). The Kier molecular flexibility index (Phi) is 4.61. The lowest BCUT2D eigenvalue weighted by molar-refractivity contribution is 0.475. The first-order valence-electron chi connectivity index (χ1n) is 9.73. The molecule has 136 valence electrons. The zero-order valence-electron chi connectivity index (χ0n) is 16.3. The second-order valence-electron chi connectivity index (χ2n) is 7.73. The van der Waals surface area contributed by atoms with E-state index in [1.165, 1.54) is 50.1 Å². The molecule has 0 aliphatic heterocycles. The molecule has 1 N–H and O–H groups in total. The summed E-state index contributed by atoms with van der Waals surface area (Å²) in [6.07, 6.45) is 3.32. The Morgan fingerprint density at radius 1 is 0.704 bits per heavy atom. The molecule has 0 bridgehead atoms. The topological polar surface area (TPSA) is 20.2 Å². The van der Waals surface area contributed by atoms with Crippen molar-refractivity contribution < 1.29 is 5.11 Å². The number of allylic oxidation sites excluding steroid dienone is 1. The molecule has 0 unspecified atom stereocenters. The fraction of sp³-hybridized carbons (Fsp3) is 0.231. The van der Waals surface area contributed by atoms with Gasteiger partial charge in [-0.2, -0.15) is 0 Å². The van der Waals surface area contributed by atoms with Gasteiger partial charge in [0.05, 0.1) is 0 Å². The number of benzene rings is 3. The summed E-state index contributed by atoms with van der Waals surface area (Å²) < 4.78 is 0. The van der Waals surface area contributed by atoms with E-state index >= 15 is 0 Å². The van der Waals surface area contributed by atoms with Crippen LogP contribution in [0.15, 0.2) is 60.7 Å². The fourth-order valence-electron chi connectivity index (χ4n) is 4.30. The smallest absolute Gasteiger partial charge is 0.115 e. The van der Waals surface area contributed by atoms with Crippen molar-refractivity contribution in [3.8, 4) is 5.75 Å². The fourth-order valence-corrected chi connectivity index (χ4v) is 4.30. The van der Waals surface area contributed by atoms with E-state index in [-0.39, 0.29) is 0 Å². The Morgan fingerprint density at radius 2 is 1.37 bits per heavy atom. The standard InChI is InChI=1S/C26H26O/c1-17-7-13-23(19(3)15-17)25-6-4-5-21-16-18(2)8-14-24(21)26(25)20-9-11-22(27)12-10-20/h7-16,27H,4-6H2,1-3H3. The van der Waals surface area contributed by atoms with Crippen LogP contribution < -0.4 is 0 Å². The highest BCUT2D eigenvalue weighted by molar-refractivity contribution is 6.00. The van der Waals surface area contributed by atoms with Gasteiger partial charge in [-0.15, -0.1) is 0 Å². The van der Waals surface area contributed by atoms with Gasteiger partial charge in [-0.3, -0.25) is 0 Å². The first-order valence-corrected chi connectivity index (χ1v) is 9.73. The van der Waals surface area contributed by atoms with Crippen molar-refractivity contribution in [2.75, 3.05) is 0 Å². The maximum Gasteiger partial charge on any atom is 0.115 e. The van der Waals surface area contributed by atoms with Gasteiger partial charge >= 0.3 is 0 Å². The van der Waals surface area contributed by atoms with Crippen molar-refractivity contribution in [1.29, 1.82) is 0 Å². The van der Waals surface area contributed by atoms with Crippen molar-refractivity contribution in [2.45, 2.75) is 40.0 Å². The molecule has 0 fully saturated rings. The third-order valence-electron chi connectivity index (χ3n) is 5.57. The van der Waals surface area contributed by atoms with Crippen LogP contribution in [0.25, 0.3) is 11.1 Å². The number of hydrogen-bond acceptors (Lipinski definition) is 1. The number of fused-ring (bicyclic) bond motifs is 1. The van der Waals surface area contributed by atoms with E-state index in [0.717, 1.165) is 19.3 Å². The highest BCUT2D eigenvalue weighted by Gasteiger charge is 2.21. The average Bonchev–Trinajstić information content (AvgIpc) is 2.81. The number of aromatic hydroxyl groups is 1. The second kappa shape index (κ2) is 7.08. The van der Waals surface area contributed by atoms with Crippen molar-refractivity contribution in [2.24, 2.45) is 0 Å². The summed E-state index contributed by atoms with van der Waals surface area (Å²) in [6.45, 7) is 6.53. The number of phenols is 1. The molecule has 0 saturated heterocycles. The van der Waals surface area contributed by atoms with Gasteiger partial charge < -0.3 is 5.11 Å². The summed E-state index contributed by atoms with van der Waals surface area (Å²) in [6, 6.07) is 21.3. The van der Waals surface area contributed by atoms with Gasteiger partial charge in [0, 0.05) is 0 Å². The highest BCUT2D eigenvalue weighted by Crippen LogP contribution is 2.41. The zero-order valence-corrected chi connectivity index (χ0v) is 16.3. The molecule has 0 radical (unpaired) electrons. The van der Waals surface area contributed by atoms with E-state index in [0.29, 0.717) is 5.75 Å². The zero-order chi connectivity index (χ0) is 19.0. The lowest BCUT2D eigenvalue weighted by Gasteiger charge is -2.18. The minimum atomic E-state index is 0.310. The molecule has 3 aromatic rings. The molecule has 0 heterocycles. The molecular formula is C26H26O. The summed E-state index contributed by atoms with van der Waals surface area (Å²) in [5, 5.41) is 9.78. The molecule has 1 heteroatoms. The molecule has 1 aliphatic rings. The molecular weight excluding hydrogens is 328 g/mol. The maximum absolute atomic E-state index is 9.78. The summed E-state index contributed by atoms with van der Waals surface area (Å²) in [4.78, 5) is 0. The van der Waals surface area contributed by atoms with Crippen LogP contribution in [-0.4, -0.2) is 5.11 Å². The number of phenolic OH excluding ortho intramolecular Hbond substituents is 1. The molecule has 0 atom stereocenters. The van der Waals surface area contributed by atoms with Crippen LogP contribution in [-0.2, 0) is 6.42 Å². The Labute approximate surface area is 162 Å². The first-order chi connectivity index (χ1) is 13.0. The van der Waals surface area contributed by atoms with Crippen LogP contribution >= 0.6 is 0 Å². The first kappa shape index (κ1) is 17.6. The Balaban J connectivity index is 2.03. The minimum absolute atomic E-state index is 0.310. The molecule has 27 heavy (non-hydrogen) atoms. The lowest BCUT2D eigenvalue weighted by atomic mass is 9.86. The number of rotatable bonds is 2. The van der Waals surface area contributed by atoms with E-state index in [1.807, 2.05) is 12.1 Å². The van der Waals surface area contributed by atoms with Gasteiger partial charge in [0.2, 0.25) is 0 Å². The molecule has 1 aliphatic carbocycles. The molecule has 0 saturated carbocycles. The van der Waals surface area contributed by atoms with Crippen molar-refractivity contribution in [3.05, 3.63) is 99.6 Å². The van der Waals surface area contributed by atoms with Gasteiger partial charge in [-0.1, -0.05) is 59.7 Å². The minimum Gasteiger partial charge on any atom is -0.508 e. The van der Waals surface area contributed by atoms with Crippen molar-refractivity contribution >= 4 is 11.1 Å². The summed E-state index contributed by atoms with van der Waals surface area (Å²) in [5.74, 6) is 0.310. The van der Waals surface area contributed by atoms with Crippen LogP contribution in [0.3, 0.4) is 0 Å². The van der Waals surface area contributed by atoms with E-state index in [4.69, 9.17) is 0 Å². The van der Waals surface area contributed by atoms with E-state index < -0.39 is 0 Å². The number of aryl methyl sites for hydroxylation is 4. The Morgan fingerprint density at radius 3 is 2.07 bits per heavy atom. The van der Waals surface area contributed by atoms with E-state index in [1.54, 1.807) is 12.1 Å². The predicted molar refractivity (Wildman–Crippen MR) is 114 cm³/mol. The monoisotopic (exact) mass is 354 g/mol. The molecule has 1 nitrogen and oxygen atoms in total. The summed E-state index contributed by atoms with van der Waals surface area (Å²) in [5.41, 5.74) is 12.0. The number of hydrogen-bond donors (Lipinski definition) is 1. The third kappa shape index (κ3) is 3.42. The van der Waals surface area contributed by atoms with Crippen LogP contribution in [0.1, 0.15) is 51.8 Å². The van der Waals surface area contributed by atoms with Crippen molar-refractivity contribution in [1.82, 2.24) is 0 Å². The van der Waals surface area contributed by atoms with E-state index in [9.17, 15) is 5.11 Å². The maximum atomic E-state index is 9.78. The summed E-state index contributed by atoms with van der Waals surface area (Å²) in [7, 11) is 0. The largest absolute Gasteiger partial charge is 0.508 e. The quantitative estimate of drug-likeness (QED) is 0.549. The Hall–Kier alpha value is -2.80. The summed E-state index contributed by atoms with van der Waals surface area (Å²) >= 11 is 0. The third-order valence-corrected chi connectivity index (χ3v) is 5.57. The predicted octanol–water partition coefficient (Wildman–Crippen LogP) is 6.61. The van der Waals surface area contributed by atoms with Crippen LogP contribution in [0.5, 0.6) is 5.75 Å². The molecule has 0 spiro atoms. The van der Waals surface area contributed by atoms with Gasteiger partial charge in [-0.25, -0.2) is 0 Å². The van der Waals surface area contributed by atoms with E-state index in [2.05, 4.69) is 57.2 Å². The SMILES string of the molecule is Cc1ccc(C2=C(c3ccc(O)cc3)c3ccc(C)cc3CCC2)c(C)c1. The lowest BCUT2D eigenvalue weighted by Crippen LogP contribution is -1.98. The van der Waals surface area contributed by atoms with Gasteiger partial charge in [0.1, 0.15) is 5.75 Å². The Bertz CT molecular complexity index is 1020. The van der Waals surface area contributed by atoms with Crippen molar-refractivity contribution in [3.63, 3.8) is 0 Å². The second-order valence-corrected chi connectivity index (χ2v) is 7.73. The van der Waals surface area contributed by atoms with Crippen LogP contribution in [0.2, 0.25) is 0 Å². The van der Waals surface area contributed by atoms with Gasteiger partial charge in [0.25, 0.3) is 0 Å². The van der Waals surface area contributed by atoms with Gasteiger partial charge in [0.15, 0.2) is 0 Å². The van der Waals surface area contributed by atoms with Gasteiger partial charge in [-0.05, 0) is 91.1 Å². The molecule has 0 amide bonds. The average molecular weight is 354 g/mol. The normalized spacial score (nSPS) is 14.0.